The molecule has 1 rings (SSSR count). The Balaban J connectivity index is 2.48. The van der Waals surface area contributed by atoms with Gasteiger partial charge in [0.25, 0.3) is 0 Å². The van der Waals surface area contributed by atoms with Crippen molar-refractivity contribution in [2.75, 3.05) is 12.8 Å². The van der Waals surface area contributed by atoms with Crippen LogP contribution in [0.1, 0.15) is 12.5 Å². The van der Waals surface area contributed by atoms with Crippen LogP contribution >= 0.6 is 23.2 Å². The van der Waals surface area contributed by atoms with Crippen molar-refractivity contribution in [1.29, 1.82) is 0 Å². The monoisotopic (exact) mass is 279 g/mol. The van der Waals surface area contributed by atoms with E-state index >= 15 is 0 Å². The first-order valence-corrected chi connectivity index (χ1v) is 7.35. The van der Waals surface area contributed by atoms with Gasteiger partial charge < -0.3 is 5.32 Å². The van der Waals surface area contributed by atoms with E-state index in [1.54, 1.807) is 18.4 Å². The topological polar surface area (TPSA) is 29.1 Å². The zero-order chi connectivity index (χ0) is 12.1. The summed E-state index contributed by atoms with van der Waals surface area (Å²) in [5, 5.41) is 4.72. The van der Waals surface area contributed by atoms with Gasteiger partial charge in [0.2, 0.25) is 0 Å². The Labute approximate surface area is 109 Å². The molecule has 0 aromatic heterocycles. The molecule has 16 heavy (non-hydrogen) atoms. The van der Waals surface area contributed by atoms with Crippen LogP contribution in [-0.4, -0.2) is 22.3 Å². The van der Waals surface area contributed by atoms with Gasteiger partial charge in [-0.15, -0.1) is 0 Å². The summed E-state index contributed by atoms with van der Waals surface area (Å²) >= 11 is 11.9. The molecule has 0 bridgehead atoms. The second-order valence-electron chi connectivity index (χ2n) is 3.68. The molecule has 1 N–H and O–H groups in total. The highest BCUT2D eigenvalue weighted by Gasteiger charge is 2.06. The molecular formula is C11H15Cl2NOS. The van der Waals surface area contributed by atoms with Crippen LogP contribution in [0.5, 0.6) is 0 Å². The van der Waals surface area contributed by atoms with Gasteiger partial charge in [-0.05, 0) is 30.7 Å². The first kappa shape index (κ1) is 14.0. The average molecular weight is 280 g/mol. The van der Waals surface area contributed by atoms with E-state index < -0.39 is 10.8 Å². The summed E-state index contributed by atoms with van der Waals surface area (Å²) in [4.78, 5) is 0. The van der Waals surface area contributed by atoms with Crippen LogP contribution in [0.3, 0.4) is 0 Å². The molecule has 0 saturated carbocycles. The van der Waals surface area contributed by atoms with Gasteiger partial charge in [-0.25, -0.2) is 0 Å². The second-order valence-corrected chi connectivity index (χ2v) is 6.32. The van der Waals surface area contributed by atoms with Gasteiger partial charge in [0, 0.05) is 45.4 Å². The predicted molar refractivity (Wildman–Crippen MR) is 71.7 cm³/mol. The number of benzene rings is 1. The van der Waals surface area contributed by atoms with Crippen LogP contribution in [0.15, 0.2) is 18.2 Å². The van der Waals surface area contributed by atoms with E-state index in [-0.39, 0.29) is 5.25 Å². The van der Waals surface area contributed by atoms with E-state index in [4.69, 9.17) is 23.2 Å². The Kier molecular flexibility index (Phi) is 5.76. The minimum absolute atomic E-state index is 0.137. The molecule has 0 heterocycles. The van der Waals surface area contributed by atoms with Crippen LogP contribution in [0, 0.1) is 0 Å². The Morgan fingerprint density at radius 3 is 2.75 bits per heavy atom. The molecule has 1 aromatic rings. The zero-order valence-electron chi connectivity index (χ0n) is 9.30. The van der Waals surface area contributed by atoms with Crippen LogP contribution < -0.4 is 5.32 Å². The van der Waals surface area contributed by atoms with E-state index in [2.05, 4.69) is 5.32 Å². The third-order valence-electron chi connectivity index (χ3n) is 2.32. The number of rotatable bonds is 5. The van der Waals surface area contributed by atoms with Crippen molar-refractivity contribution in [2.45, 2.75) is 18.7 Å². The van der Waals surface area contributed by atoms with E-state index in [0.717, 1.165) is 5.56 Å². The predicted octanol–water partition coefficient (Wildman–Crippen LogP) is 2.85. The molecule has 0 saturated heterocycles. The smallest absolute Gasteiger partial charge is 0.0451 e. The van der Waals surface area contributed by atoms with Gasteiger partial charge in [-0.1, -0.05) is 23.2 Å². The molecule has 1 aromatic carbocycles. The van der Waals surface area contributed by atoms with Gasteiger partial charge in [0.15, 0.2) is 0 Å². The highest BCUT2D eigenvalue weighted by molar-refractivity contribution is 7.84. The van der Waals surface area contributed by atoms with Gasteiger partial charge >= 0.3 is 0 Å². The lowest BCUT2D eigenvalue weighted by Gasteiger charge is -2.10. The molecule has 0 radical (unpaired) electrons. The maximum atomic E-state index is 11.1. The van der Waals surface area contributed by atoms with Crippen molar-refractivity contribution in [1.82, 2.24) is 5.32 Å². The van der Waals surface area contributed by atoms with Crippen molar-refractivity contribution < 1.29 is 4.21 Å². The van der Waals surface area contributed by atoms with Crippen molar-refractivity contribution in [3.05, 3.63) is 33.8 Å². The third kappa shape index (κ3) is 4.42. The Morgan fingerprint density at radius 1 is 1.44 bits per heavy atom. The number of hydrogen-bond donors (Lipinski definition) is 1. The fraction of sp³-hybridized carbons (Fsp3) is 0.455. The molecule has 2 nitrogen and oxygen atoms in total. The minimum atomic E-state index is -0.799. The molecule has 0 aliphatic rings. The second kappa shape index (κ2) is 6.60. The number of hydrogen-bond acceptors (Lipinski definition) is 2. The Bertz CT molecular complexity index is 384. The normalized spacial score (nSPS) is 14.8. The quantitative estimate of drug-likeness (QED) is 0.898. The first-order chi connectivity index (χ1) is 7.50. The molecule has 90 valence electrons. The van der Waals surface area contributed by atoms with E-state index in [9.17, 15) is 4.21 Å². The molecule has 2 atom stereocenters. The third-order valence-corrected chi connectivity index (χ3v) is 4.23. The van der Waals surface area contributed by atoms with Crippen molar-refractivity contribution in [2.24, 2.45) is 0 Å². The largest absolute Gasteiger partial charge is 0.311 e. The van der Waals surface area contributed by atoms with Crippen molar-refractivity contribution in [3.63, 3.8) is 0 Å². The summed E-state index contributed by atoms with van der Waals surface area (Å²) in [5.41, 5.74) is 0.961. The maximum absolute atomic E-state index is 11.1. The highest BCUT2D eigenvalue weighted by atomic mass is 35.5. The summed E-state index contributed by atoms with van der Waals surface area (Å²) in [6.45, 7) is 3.29. The molecule has 0 aliphatic carbocycles. The van der Waals surface area contributed by atoms with Crippen molar-refractivity contribution >= 4 is 34.0 Å². The maximum Gasteiger partial charge on any atom is 0.0451 e. The molecule has 2 unspecified atom stereocenters. The molecule has 0 aliphatic heterocycles. The Morgan fingerprint density at radius 2 is 2.12 bits per heavy atom. The molecular weight excluding hydrogens is 265 g/mol. The average Bonchev–Trinajstić information content (AvgIpc) is 2.22. The zero-order valence-corrected chi connectivity index (χ0v) is 11.6. The summed E-state index contributed by atoms with van der Waals surface area (Å²) in [6, 6.07) is 5.38. The van der Waals surface area contributed by atoms with Crippen LogP contribution in [0.25, 0.3) is 0 Å². The number of halogens is 2. The number of nitrogens with one attached hydrogen (secondary N) is 1. The molecule has 0 amide bonds. The Hall–Kier alpha value is -0.0900. The standard InChI is InChI=1S/C11H15Cl2NOS/c1-8(16(2)15)6-14-7-9-5-10(12)3-4-11(9)13/h3-5,8,14H,6-7H2,1-2H3. The van der Waals surface area contributed by atoms with Crippen molar-refractivity contribution in [3.8, 4) is 0 Å². The lowest BCUT2D eigenvalue weighted by atomic mass is 10.2. The van der Waals surface area contributed by atoms with Crippen LogP contribution in [0.4, 0.5) is 0 Å². The molecule has 5 heteroatoms. The SMILES string of the molecule is CC(CNCc1cc(Cl)ccc1Cl)S(C)=O. The molecule has 0 fully saturated rings. The van der Waals surface area contributed by atoms with E-state index in [1.807, 2.05) is 13.0 Å². The highest BCUT2D eigenvalue weighted by Crippen LogP contribution is 2.20. The summed E-state index contributed by atoms with van der Waals surface area (Å²) in [6.07, 6.45) is 1.71. The van der Waals surface area contributed by atoms with E-state index in [0.29, 0.717) is 23.1 Å². The fourth-order valence-corrected chi connectivity index (χ4v) is 1.94. The summed E-state index contributed by atoms with van der Waals surface area (Å²) in [7, 11) is -0.799. The minimum Gasteiger partial charge on any atom is -0.311 e. The lowest BCUT2D eigenvalue weighted by molar-refractivity contribution is 0.647. The molecule has 0 spiro atoms. The van der Waals surface area contributed by atoms with Gasteiger partial charge in [-0.3, -0.25) is 4.21 Å². The van der Waals surface area contributed by atoms with Gasteiger partial charge in [0.1, 0.15) is 0 Å². The van der Waals surface area contributed by atoms with Crippen LogP contribution in [-0.2, 0) is 17.3 Å². The van der Waals surface area contributed by atoms with Crippen LogP contribution in [0.2, 0.25) is 10.0 Å². The first-order valence-electron chi connectivity index (χ1n) is 4.97. The summed E-state index contributed by atoms with van der Waals surface area (Å²) in [5.74, 6) is 0. The fourth-order valence-electron chi connectivity index (χ4n) is 1.21. The van der Waals surface area contributed by atoms with E-state index in [1.165, 1.54) is 0 Å². The van der Waals surface area contributed by atoms with Gasteiger partial charge in [-0.2, -0.15) is 0 Å². The van der Waals surface area contributed by atoms with Gasteiger partial charge in [0.05, 0.1) is 0 Å². The summed E-state index contributed by atoms with van der Waals surface area (Å²) < 4.78 is 11.1. The lowest BCUT2D eigenvalue weighted by Crippen LogP contribution is -2.27.